The molecule has 46 heavy (non-hydrogen) atoms. The lowest BCUT2D eigenvalue weighted by Crippen LogP contribution is -2.56. The summed E-state index contributed by atoms with van der Waals surface area (Å²) < 4.78 is 35.0. The Hall–Kier alpha value is -4.63. The van der Waals surface area contributed by atoms with Gasteiger partial charge in [0.15, 0.2) is 0 Å². The van der Waals surface area contributed by atoms with Crippen molar-refractivity contribution in [3.8, 4) is 5.75 Å². The number of methoxy groups -OCH3 is 1. The topological polar surface area (TPSA) is 96.0 Å². The Morgan fingerprint density at radius 1 is 0.848 bits per heavy atom. The molecule has 0 fully saturated rings. The monoisotopic (exact) mass is 641 g/mol. The highest BCUT2D eigenvalue weighted by atomic mass is 32.2. The minimum absolute atomic E-state index is 0.0467. The summed E-state index contributed by atoms with van der Waals surface area (Å²) in [6.45, 7) is 9.05. The molecule has 242 valence electrons. The molecular weight excluding hydrogens is 598 g/mol. The van der Waals surface area contributed by atoms with E-state index >= 15 is 0 Å². The van der Waals surface area contributed by atoms with Gasteiger partial charge in [0.1, 0.15) is 18.3 Å². The normalized spacial score (nSPS) is 12.2. The van der Waals surface area contributed by atoms with Gasteiger partial charge in [-0.1, -0.05) is 78.4 Å². The van der Waals surface area contributed by atoms with Gasteiger partial charge in [0.2, 0.25) is 11.8 Å². The van der Waals surface area contributed by atoms with Crippen LogP contribution in [0.25, 0.3) is 0 Å². The van der Waals surface area contributed by atoms with E-state index in [4.69, 9.17) is 4.74 Å². The van der Waals surface area contributed by atoms with Crippen molar-refractivity contribution in [2.75, 3.05) is 18.0 Å². The van der Waals surface area contributed by atoms with Gasteiger partial charge in [-0.25, -0.2) is 8.42 Å². The SMILES string of the molecule is COc1cccc(N(CC(=O)N(Cc2ccccc2C)[C@@H](Cc2ccccc2)C(=O)NC(C)(C)C)S(=O)(=O)c2ccc(C)cc2)c1. The first-order valence-corrected chi connectivity index (χ1v) is 16.7. The van der Waals surface area contributed by atoms with E-state index in [0.717, 1.165) is 26.6 Å². The maximum absolute atomic E-state index is 14.6. The molecule has 0 saturated carbocycles. The number of carbonyl (C=O) groups is 2. The molecule has 0 saturated heterocycles. The van der Waals surface area contributed by atoms with Crippen molar-refractivity contribution in [2.24, 2.45) is 0 Å². The smallest absolute Gasteiger partial charge is 0.264 e. The molecule has 0 heterocycles. The molecular formula is C37H43N3O5S. The summed E-state index contributed by atoms with van der Waals surface area (Å²) in [5, 5.41) is 3.06. The van der Waals surface area contributed by atoms with Crippen molar-refractivity contribution < 1.29 is 22.7 Å². The molecule has 0 aliphatic rings. The summed E-state index contributed by atoms with van der Waals surface area (Å²) in [7, 11) is -2.71. The fraction of sp³-hybridized carbons (Fsp3) is 0.297. The van der Waals surface area contributed by atoms with E-state index in [-0.39, 0.29) is 29.5 Å². The fourth-order valence-corrected chi connectivity index (χ4v) is 6.52. The molecule has 0 aliphatic carbocycles. The van der Waals surface area contributed by atoms with Crippen LogP contribution < -0.4 is 14.4 Å². The van der Waals surface area contributed by atoms with Gasteiger partial charge in [0.25, 0.3) is 10.0 Å². The first-order chi connectivity index (χ1) is 21.8. The average Bonchev–Trinajstić information content (AvgIpc) is 3.02. The standard InChI is InChI=1S/C37H43N3O5S/c1-27-19-21-33(22-20-27)46(43,44)40(31-17-12-18-32(24-31)45-6)26-35(41)39(25-30-16-11-10-13-28(30)2)34(36(42)38-37(3,4)5)23-29-14-8-7-9-15-29/h7-22,24,34H,23,25-26H2,1-6H3,(H,38,42)/t34-/m0/s1. The zero-order valence-electron chi connectivity index (χ0n) is 27.4. The highest BCUT2D eigenvalue weighted by Gasteiger charge is 2.36. The minimum atomic E-state index is -4.21. The van der Waals surface area contributed by atoms with Gasteiger partial charge in [-0.3, -0.25) is 13.9 Å². The molecule has 1 atom stereocenters. The molecule has 0 unspecified atom stereocenters. The van der Waals surface area contributed by atoms with E-state index in [2.05, 4.69) is 5.32 Å². The Balaban J connectivity index is 1.84. The van der Waals surface area contributed by atoms with Gasteiger partial charge >= 0.3 is 0 Å². The lowest BCUT2D eigenvalue weighted by Gasteiger charge is -2.35. The number of rotatable bonds is 12. The number of amides is 2. The average molecular weight is 642 g/mol. The van der Waals surface area contributed by atoms with E-state index in [1.807, 2.05) is 89.2 Å². The molecule has 8 nitrogen and oxygen atoms in total. The van der Waals surface area contributed by atoms with E-state index < -0.39 is 34.1 Å². The second kappa shape index (κ2) is 14.6. The van der Waals surface area contributed by atoms with Crippen LogP contribution in [0.2, 0.25) is 0 Å². The molecule has 0 bridgehead atoms. The van der Waals surface area contributed by atoms with Gasteiger partial charge in [0.05, 0.1) is 17.7 Å². The zero-order chi connectivity index (χ0) is 33.5. The maximum Gasteiger partial charge on any atom is 0.264 e. The number of aryl methyl sites for hydroxylation is 2. The molecule has 0 aromatic heterocycles. The van der Waals surface area contributed by atoms with Crippen molar-refractivity contribution in [2.45, 2.75) is 64.1 Å². The van der Waals surface area contributed by atoms with E-state index in [0.29, 0.717) is 5.75 Å². The number of anilines is 1. The van der Waals surface area contributed by atoms with Gasteiger partial charge in [0, 0.05) is 24.6 Å². The van der Waals surface area contributed by atoms with Gasteiger partial charge in [-0.15, -0.1) is 0 Å². The predicted molar refractivity (Wildman–Crippen MR) is 182 cm³/mol. The number of sulfonamides is 1. The Morgan fingerprint density at radius 2 is 1.50 bits per heavy atom. The second-order valence-electron chi connectivity index (χ2n) is 12.4. The summed E-state index contributed by atoms with van der Waals surface area (Å²) >= 11 is 0. The van der Waals surface area contributed by atoms with Crippen LogP contribution in [0.1, 0.15) is 43.0 Å². The summed E-state index contributed by atoms with van der Waals surface area (Å²) in [6.07, 6.45) is 0.240. The third-order valence-corrected chi connectivity index (χ3v) is 9.39. The van der Waals surface area contributed by atoms with E-state index in [9.17, 15) is 18.0 Å². The van der Waals surface area contributed by atoms with Crippen molar-refractivity contribution >= 4 is 27.5 Å². The van der Waals surface area contributed by atoms with Crippen LogP contribution >= 0.6 is 0 Å². The number of hydrogen-bond donors (Lipinski definition) is 1. The van der Waals surface area contributed by atoms with Crippen LogP contribution in [0, 0.1) is 13.8 Å². The lowest BCUT2D eigenvalue weighted by molar-refractivity contribution is -0.140. The highest BCUT2D eigenvalue weighted by Crippen LogP contribution is 2.28. The maximum atomic E-state index is 14.6. The highest BCUT2D eigenvalue weighted by molar-refractivity contribution is 7.92. The molecule has 4 aromatic carbocycles. The minimum Gasteiger partial charge on any atom is -0.497 e. The van der Waals surface area contributed by atoms with E-state index in [1.165, 1.54) is 24.1 Å². The van der Waals surface area contributed by atoms with Gasteiger partial charge < -0.3 is 15.0 Å². The van der Waals surface area contributed by atoms with E-state index in [1.54, 1.807) is 36.4 Å². The van der Waals surface area contributed by atoms with Crippen molar-refractivity contribution in [3.05, 3.63) is 125 Å². The van der Waals surface area contributed by atoms with Crippen LogP contribution in [0.5, 0.6) is 5.75 Å². The third-order valence-electron chi connectivity index (χ3n) is 7.60. The molecule has 4 rings (SSSR count). The largest absolute Gasteiger partial charge is 0.497 e. The summed E-state index contributed by atoms with van der Waals surface area (Å²) in [6, 6.07) is 29.3. The number of ether oxygens (including phenoxy) is 1. The van der Waals surface area contributed by atoms with Gasteiger partial charge in [-0.05, 0) is 75.6 Å². The summed E-state index contributed by atoms with van der Waals surface area (Å²) in [4.78, 5) is 30.2. The molecule has 0 aliphatic heterocycles. The Bertz CT molecular complexity index is 1750. The Morgan fingerprint density at radius 3 is 2.13 bits per heavy atom. The Labute approximate surface area is 273 Å². The van der Waals surface area contributed by atoms with Crippen LogP contribution in [-0.2, 0) is 32.6 Å². The van der Waals surface area contributed by atoms with Crippen LogP contribution in [0.4, 0.5) is 5.69 Å². The number of hydrogen-bond acceptors (Lipinski definition) is 5. The quantitative estimate of drug-likeness (QED) is 0.203. The van der Waals surface area contributed by atoms with Crippen molar-refractivity contribution in [3.63, 3.8) is 0 Å². The van der Waals surface area contributed by atoms with Crippen LogP contribution in [0.15, 0.2) is 108 Å². The van der Waals surface area contributed by atoms with Crippen LogP contribution in [-0.4, -0.2) is 50.4 Å². The van der Waals surface area contributed by atoms with Crippen LogP contribution in [0.3, 0.4) is 0 Å². The van der Waals surface area contributed by atoms with Crippen molar-refractivity contribution in [1.29, 1.82) is 0 Å². The zero-order valence-corrected chi connectivity index (χ0v) is 28.2. The first kappa shape index (κ1) is 34.2. The van der Waals surface area contributed by atoms with Crippen molar-refractivity contribution in [1.82, 2.24) is 10.2 Å². The predicted octanol–water partition coefficient (Wildman–Crippen LogP) is 6.06. The van der Waals surface area contributed by atoms with Gasteiger partial charge in [-0.2, -0.15) is 0 Å². The molecule has 0 radical (unpaired) electrons. The summed E-state index contributed by atoms with van der Waals surface area (Å²) in [5.74, 6) is -0.406. The molecule has 4 aromatic rings. The molecule has 2 amide bonds. The third kappa shape index (κ3) is 8.75. The number of nitrogens with one attached hydrogen (secondary N) is 1. The lowest BCUT2D eigenvalue weighted by atomic mass is 10.00. The number of benzene rings is 4. The fourth-order valence-electron chi connectivity index (χ4n) is 5.11. The summed E-state index contributed by atoms with van der Waals surface area (Å²) in [5.41, 5.74) is 3.28. The first-order valence-electron chi connectivity index (χ1n) is 15.2. The number of nitrogens with zero attached hydrogens (tertiary/aromatic N) is 2. The second-order valence-corrected chi connectivity index (χ2v) is 14.3. The molecule has 1 N–H and O–H groups in total. The number of carbonyl (C=O) groups excluding carboxylic acids is 2. The molecule has 0 spiro atoms. The Kier molecular flexibility index (Phi) is 10.9. The molecule has 9 heteroatoms.